The third kappa shape index (κ3) is 7.03. The lowest BCUT2D eigenvalue weighted by Gasteiger charge is -2.23. The predicted molar refractivity (Wildman–Crippen MR) is 59.8 cm³/mol. The average molecular weight is 186 g/mol. The minimum absolute atomic E-state index is 0.314. The van der Waals surface area contributed by atoms with Crippen LogP contribution in [0.15, 0.2) is 0 Å². The highest BCUT2D eigenvalue weighted by Gasteiger charge is 2.09. The first kappa shape index (κ1) is 12.9. The Morgan fingerprint density at radius 2 is 1.85 bits per heavy atom. The van der Waals surface area contributed by atoms with Crippen molar-refractivity contribution in [2.24, 2.45) is 11.7 Å². The zero-order chi connectivity index (χ0) is 10.3. The molecule has 2 unspecified atom stereocenters. The Kier molecular flexibility index (Phi) is 7.29. The van der Waals surface area contributed by atoms with Gasteiger partial charge >= 0.3 is 0 Å². The summed E-state index contributed by atoms with van der Waals surface area (Å²) in [5.74, 6) is 0.603. The van der Waals surface area contributed by atoms with Crippen LogP contribution in [-0.4, -0.2) is 31.1 Å². The lowest BCUT2D eigenvalue weighted by molar-refractivity contribution is 0.264. The third-order valence-corrected chi connectivity index (χ3v) is 2.64. The molecule has 80 valence electrons. The third-order valence-electron chi connectivity index (χ3n) is 2.64. The number of unbranched alkanes of at least 4 members (excludes halogenated alkanes) is 2. The summed E-state index contributed by atoms with van der Waals surface area (Å²) in [7, 11) is 2.19. The Labute approximate surface area is 83.5 Å². The number of hydrogen-bond acceptors (Lipinski definition) is 2. The summed E-state index contributed by atoms with van der Waals surface area (Å²) in [6.45, 7) is 8.89. The van der Waals surface area contributed by atoms with E-state index < -0.39 is 0 Å². The van der Waals surface area contributed by atoms with Crippen molar-refractivity contribution in [2.45, 2.75) is 46.1 Å². The fourth-order valence-corrected chi connectivity index (χ4v) is 1.38. The normalized spacial score (nSPS) is 16.2. The van der Waals surface area contributed by atoms with Crippen LogP contribution in [-0.2, 0) is 0 Å². The minimum atomic E-state index is 0.314. The van der Waals surface area contributed by atoms with Crippen molar-refractivity contribution in [2.75, 3.05) is 20.1 Å². The molecular weight excluding hydrogens is 160 g/mol. The molecule has 13 heavy (non-hydrogen) atoms. The van der Waals surface area contributed by atoms with Gasteiger partial charge in [-0.1, -0.05) is 26.7 Å². The molecule has 0 saturated carbocycles. The molecule has 0 aromatic heterocycles. The number of nitrogens with zero attached hydrogens (tertiary/aromatic N) is 1. The first-order valence-electron chi connectivity index (χ1n) is 5.52. The van der Waals surface area contributed by atoms with Gasteiger partial charge < -0.3 is 10.6 Å². The van der Waals surface area contributed by atoms with E-state index in [1.807, 2.05) is 0 Å². The van der Waals surface area contributed by atoms with Gasteiger partial charge in [0.2, 0.25) is 0 Å². The fourth-order valence-electron chi connectivity index (χ4n) is 1.38. The zero-order valence-corrected chi connectivity index (χ0v) is 9.71. The van der Waals surface area contributed by atoms with E-state index in [2.05, 4.69) is 32.7 Å². The summed E-state index contributed by atoms with van der Waals surface area (Å²) in [6, 6.07) is 0.314. The number of hydrogen-bond donors (Lipinski definition) is 1. The molecule has 2 atom stereocenters. The van der Waals surface area contributed by atoms with Gasteiger partial charge in [-0.3, -0.25) is 0 Å². The van der Waals surface area contributed by atoms with Gasteiger partial charge in [0.15, 0.2) is 0 Å². The highest BCUT2D eigenvalue weighted by molar-refractivity contribution is 4.67. The van der Waals surface area contributed by atoms with Crippen molar-refractivity contribution in [3.8, 4) is 0 Å². The Morgan fingerprint density at radius 1 is 1.23 bits per heavy atom. The Balaban J connectivity index is 3.43. The molecule has 0 aromatic carbocycles. The van der Waals surface area contributed by atoms with E-state index in [4.69, 9.17) is 5.73 Å². The van der Waals surface area contributed by atoms with Gasteiger partial charge in [-0.2, -0.15) is 0 Å². The van der Waals surface area contributed by atoms with Gasteiger partial charge in [0.1, 0.15) is 0 Å². The van der Waals surface area contributed by atoms with Crippen molar-refractivity contribution in [1.82, 2.24) is 4.90 Å². The lowest BCUT2D eigenvalue weighted by Crippen LogP contribution is -2.34. The molecule has 2 N–H and O–H groups in total. The molecule has 0 aliphatic rings. The highest BCUT2D eigenvalue weighted by atomic mass is 15.1. The van der Waals surface area contributed by atoms with E-state index in [1.165, 1.54) is 25.8 Å². The van der Waals surface area contributed by atoms with Crippen molar-refractivity contribution < 1.29 is 0 Å². The lowest BCUT2D eigenvalue weighted by atomic mass is 10.0. The highest BCUT2D eigenvalue weighted by Crippen LogP contribution is 2.03. The van der Waals surface area contributed by atoms with Crippen molar-refractivity contribution in [3.63, 3.8) is 0 Å². The topological polar surface area (TPSA) is 29.3 Å². The standard InChI is InChI=1S/C11H26N2/c1-5-6-7-8-13(4)9-10(2)11(3)12/h10-11H,5-9,12H2,1-4H3. The van der Waals surface area contributed by atoms with E-state index in [9.17, 15) is 0 Å². The van der Waals surface area contributed by atoms with Gasteiger partial charge in [0.25, 0.3) is 0 Å². The van der Waals surface area contributed by atoms with Gasteiger partial charge in [0, 0.05) is 12.6 Å². The second-order valence-corrected chi connectivity index (χ2v) is 4.31. The predicted octanol–water partition coefficient (Wildman–Crippen LogP) is 2.09. The van der Waals surface area contributed by atoms with E-state index in [0.29, 0.717) is 12.0 Å². The Morgan fingerprint density at radius 3 is 2.31 bits per heavy atom. The van der Waals surface area contributed by atoms with Gasteiger partial charge in [-0.15, -0.1) is 0 Å². The quantitative estimate of drug-likeness (QED) is 0.617. The maximum Gasteiger partial charge on any atom is 0.00483 e. The molecule has 0 saturated heterocycles. The van der Waals surface area contributed by atoms with E-state index in [-0.39, 0.29) is 0 Å². The molecule has 2 nitrogen and oxygen atoms in total. The molecule has 0 aliphatic heterocycles. The smallest absolute Gasteiger partial charge is 0.00483 e. The zero-order valence-electron chi connectivity index (χ0n) is 9.71. The van der Waals surface area contributed by atoms with Gasteiger partial charge in [-0.25, -0.2) is 0 Å². The van der Waals surface area contributed by atoms with Crippen molar-refractivity contribution >= 4 is 0 Å². The molecule has 0 spiro atoms. The molecule has 0 aliphatic carbocycles. The number of nitrogens with two attached hydrogens (primary N) is 1. The monoisotopic (exact) mass is 186 g/mol. The summed E-state index contributed by atoms with van der Waals surface area (Å²) in [6.07, 6.45) is 3.96. The SMILES string of the molecule is CCCCCN(C)CC(C)C(C)N. The maximum atomic E-state index is 5.81. The fraction of sp³-hybridized carbons (Fsp3) is 1.00. The molecule has 0 radical (unpaired) electrons. The van der Waals surface area contributed by atoms with Crippen molar-refractivity contribution in [3.05, 3.63) is 0 Å². The second-order valence-electron chi connectivity index (χ2n) is 4.31. The molecule has 0 amide bonds. The van der Waals surface area contributed by atoms with Crippen LogP contribution in [0.4, 0.5) is 0 Å². The van der Waals surface area contributed by atoms with Crippen LogP contribution in [0.1, 0.15) is 40.0 Å². The van der Waals surface area contributed by atoms with Crippen molar-refractivity contribution in [1.29, 1.82) is 0 Å². The molecule has 0 heterocycles. The molecule has 0 bridgehead atoms. The Bertz CT molecular complexity index is 113. The van der Waals surface area contributed by atoms with E-state index in [0.717, 1.165) is 6.54 Å². The molecule has 0 fully saturated rings. The van der Waals surface area contributed by atoms with Crippen LogP contribution < -0.4 is 5.73 Å². The van der Waals surface area contributed by atoms with Crippen LogP contribution in [0, 0.1) is 5.92 Å². The van der Waals surface area contributed by atoms with Crippen LogP contribution in [0.3, 0.4) is 0 Å². The molecular formula is C11H26N2. The summed E-state index contributed by atoms with van der Waals surface area (Å²) >= 11 is 0. The second kappa shape index (κ2) is 7.34. The van der Waals surface area contributed by atoms with E-state index in [1.54, 1.807) is 0 Å². The van der Waals surface area contributed by atoms with Crippen LogP contribution >= 0.6 is 0 Å². The Hall–Kier alpha value is -0.0800. The molecule has 2 heteroatoms. The summed E-state index contributed by atoms with van der Waals surface area (Å²) in [5.41, 5.74) is 5.81. The average Bonchev–Trinajstić information content (AvgIpc) is 2.04. The minimum Gasteiger partial charge on any atom is -0.328 e. The molecule has 0 rings (SSSR count). The molecule has 0 aromatic rings. The van der Waals surface area contributed by atoms with Crippen LogP contribution in [0.2, 0.25) is 0 Å². The van der Waals surface area contributed by atoms with E-state index >= 15 is 0 Å². The largest absolute Gasteiger partial charge is 0.328 e. The van der Waals surface area contributed by atoms with Crippen LogP contribution in [0.25, 0.3) is 0 Å². The maximum absolute atomic E-state index is 5.81. The van der Waals surface area contributed by atoms with Gasteiger partial charge in [0.05, 0.1) is 0 Å². The first-order valence-corrected chi connectivity index (χ1v) is 5.52. The summed E-state index contributed by atoms with van der Waals surface area (Å²) in [4.78, 5) is 2.39. The first-order chi connectivity index (χ1) is 6.07. The number of rotatable bonds is 7. The summed E-state index contributed by atoms with van der Waals surface area (Å²) in [5, 5.41) is 0. The van der Waals surface area contributed by atoms with Crippen LogP contribution in [0.5, 0.6) is 0 Å². The summed E-state index contributed by atoms with van der Waals surface area (Å²) < 4.78 is 0. The van der Waals surface area contributed by atoms with Gasteiger partial charge in [-0.05, 0) is 32.9 Å².